The zero-order valence-corrected chi connectivity index (χ0v) is 10.6. The predicted molar refractivity (Wildman–Crippen MR) is 77.8 cm³/mol. The molecule has 1 aromatic heterocycles. The molecule has 0 unspecified atom stereocenters. The molecule has 4 heteroatoms. The molecule has 1 heterocycles. The van der Waals surface area contributed by atoms with Crippen molar-refractivity contribution >= 4 is 22.5 Å². The molecule has 0 spiro atoms. The summed E-state index contributed by atoms with van der Waals surface area (Å²) in [6.45, 7) is 0. The smallest absolute Gasteiger partial charge is 0.256 e. The number of amides is 1. The minimum atomic E-state index is -0.273. The topological polar surface area (TPSA) is 62.2 Å². The Hall–Kier alpha value is -2.88. The lowest BCUT2D eigenvalue weighted by atomic mass is 10.1. The summed E-state index contributed by atoms with van der Waals surface area (Å²) in [5.74, 6) is -0.232. The van der Waals surface area contributed by atoms with Gasteiger partial charge in [0.05, 0.1) is 11.2 Å². The summed E-state index contributed by atoms with van der Waals surface area (Å²) >= 11 is 0. The number of aromatic hydroxyl groups is 1. The number of nitrogens with one attached hydrogen (secondary N) is 1. The van der Waals surface area contributed by atoms with Crippen LogP contribution in [0.15, 0.2) is 60.8 Å². The average molecular weight is 264 g/mol. The molecule has 3 rings (SSSR count). The van der Waals surface area contributed by atoms with Crippen molar-refractivity contribution in [2.45, 2.75) is 0 Å². The Labute approximate surface area is 115 Å². The van der Waals surface area contributed by atoms with E-state index in [0.717, 1.165) is 10.9 Å². The standard InChI is InChI=1S/C16H12N2O2/c19-15-9-2-1-7-14(15)18-16(20)12-5-3-8-13-11(12)6-4-10-17-13/h1-10,19H,(H,18,20). The van der Waals surface area contributed by atoms with E-state index in [9.17, 15) is 9.90 Å². The van der Waals surface area contributed by atoms with E-state index in [1.54, 1.807) is 42.6 Å². The number of carbonyl (C=O) groups excluding carboxylic acids is 1. The molecular formula is C16H12N2O2. The van der Waals surface area contributed by atoms with Crippen LogP contribution < -0.4 is 5.32 Å². The molecule has 3 aromatic rings. The number of phenolic OH excluding ortho intramolecular Hbond substituents is 1. The molecule has 0 radical (unpaired) electrons. The first kappa shape index (κ1) is 12.2. The maximum Gasteiger partial charge on any atom is 0.256 e. The van der Waals surface area contributed by atoms with Crippen LogP contribution in [-0.4, -0.2) is 16.0 Å². The number of para-hydroxylation sites is 2. The van der Waals surface area contributed by atoms with Crippen LogP contribution in [0, 0.1) is 0 Å². The van der Waals surface area contributed by atoms with Gasteiger partial charge in [-0.05, 0) is 30.3 Å². The van der Waals surface area contributed by atoms with Crippen LogP contribution in [0.4, 0.5) is 5.69 Å². The van der Waals surface area contributed by atoms with Crippen LogP contribution >= 0.6 is 0 Å². The van der Waals surface area contributed by atoms with E-state index in [1.807, 2.05) is 12.1 Å². The van der Waals surface area contributed by atoms with Gasteiger partial charge < -0.3 is 10.4 Å². The molecule has 0 aliphatic carbocycles. The van der Waals surface area contributed by atoms with Crippen molar-refractivity contribution in [3.05, 3.63) is 66.4 Å². The summed E-state index contributed by atoms with van der Waals surface area (Å²) in [7, 11) is 0. The number of phenols is 1. The van der Waals surface area contributed by atoms with Gasteiger partial charge in [0.15, 0.2) is 0 Å². The van der Waals surface area contributed by atoms with Crippen molar-refractivity contribution in [3.63, 3.8) is 0 Å². The third-order valence-corrected chi connectivity index (χ3v) is 3.04. The van der Waals surface area contributed by atoms with Gasteiger partial charge in [-0.2, -0.15) is 0 Å². The summed E-state index contributed by atoms with van der Waals surface area (Å²) in [4.78, 5) is 16.5. The van der Waals surface area contributed by atoms with Crippen LogP contribution in [0.25, 0.3) is 10.9 Å². The summed E-state index contributed by atoms with van der Waals surface area (Å²) in [5, 5.41) is 13.2. The van der Waals surface area contributed by atoms with Gasteiger partial charge in [-0.15, -0.1) is 0 Å². The molecule has 20 heavy (non-hydrogen) atoms. The lowest BCUT2D eigenvalue weighted by molar-refractivity contribution is 0.102. The Morgan fingerprint density at radius 1 is 1.00 bits per heavy atom. The first-order chi connectivity index (χ1) is 9.75. The summed E-state index contributed by atoms with van der Waals surface area (Å²) in [6, 6.07) is 15.6. The van der Waals surface area contributed by atoms with Gasteiger partial charge >= 0.3 is 0 Å². The minimum absolute atomic E-state index is 0.0409. The van der Waals surface area contributed by atoms with Gasteiger partial charge in [-0.25, -0.2) is 0 Å². The van der Waals surface area contributed by atoms with Crippen LogP contribution in [0.2, 0.25) is 0 Å². The van der Waals surface area contributed by atoms with Gasteiger partial charge in [-0.3, -0.25) is 9.78 Å². The number of fused-ring (bicyclic) bond motifs is 1. The van der Waals surface area contributed by atoms with Gasteiger partial charge in [0.1, 0.15) is 5.75 Å². The third kappa shape index (κ3) is 2.19. The number of benzene rings is 2. The Morgan fingerprint density at radius 2 is 1.85 bits per heavy atom. The maximum atomic E-state index is 12.3. The largest absolute Gasteiger partial charge is 0.506 e. The molecule has 0 aliphatic heterocycles. The highest BCUT2D eigenvalue weighted by atomic mass is 16.3. The van der Waals surface area contributed by atoms with E-state index in [0.29, 0.717) is 11.3 Å². The summed E-state index contributed by atoms with van der Waals surface area (Å²) in [5.41, 5.74) is 1.68. The average Bonchev–Trinajstić information content (AvgIpc) is 2.49. The molecule has 98 valence electrons. The number of nitrogens with zero attached hydrogens (tertiary/aromatic N) is 1. The second-order valence-electron chi connectivity index (χ2n) is 4.35. The zero-order chi connectivity index (χ0) is 13.9. The molecule has 2 aromatic carbocycles. The third-order valence-electron chi connectivity index (χ3n) is 3.04. The number of hydrogen-bond acceptors (Lipinski definition) is 3. The Bertz CT molecular complexity index is 779. The molecule has 2 N–H and O–H groups in total. The number of anilines is 1. The van der Waals surface area contributed by atoms with Gasteiger partial charge in [0.2, 0.25) is 0 Å². The predicted octanol–water partition coefficient (Wildman–Crippen LogP) is 3.19. The molecule has 1 amide bonds. The van der Waals surface area contributed by atoms with E-state index in [4.69, 9.17) is 0 Å². The van der Waals surface area contributed by atoms with Crippen molar-refractivity contribution in [2.75, 3.05) is 5.32 Å². The van der Waals surface area contributed by atoms with Crippen molar-refractivity contribution < 1.29 is 9.90 Å². The van der Waals surface area contributed by atoms with E-state index in [1.165, 1.54) is 6.07 Å². The lowest BCUT2D eigenvalue weighted by Gasteiger charge is -2.08. The molecule has 0 aliphatic rings. The van der Waals surface area contributed by atoms with Crippen molar-refractivity contribution in [3.8, 4) is 5.75 Å². The zero-order valence-electron chi connectivity index (χ0n) is 10.6. The van der Waals surface area contributed by atoms with Crippen molar-refractivity contribution in [2.24, 2.45) is 0 Å². The van der Waals surface area contributed by atoms with Crippen LogP contribution in [-0.2, 0) is 0 Å². The van der Waals surface area contributed by atoms with Gasteiger partial charge in [0.25, 0.3) is 5.91 Å². The van der Waals surface area contributed by atoms with Crippen LogP contribution in [0.1, 0.15) is 10.4 Å². The highest BCUT2D eigenvalue weighted by molar-refractivity contribution is 6.12. The summed E-state index contributed by atoms with van der Waals surface area (Å²) in [6.07, 6.45) is 1.69. The van der Waals surface area contributed by atoms with Crippen molar-refractivity contribution in [1.29, 1.82) is 0 Å². The first-order valence-corrected chi connectivity index (χ1v) is 6.19. The molecule has 0 saturated heterocycles. The Balaban J connectivity index is 1.99. The molecule has 4 nitrogen and oxygen atoms in total. The normalized spacial score (nSPS) is 10.4. The molecule has 0 fully saturated rings. The highest BCUT2D eigenvalue weighted by Gasteiger charge is 2.11. The molecule has 0 saturated carbocycles. The SMILES string of the molecule is O=C(Nc1ccccc1O)c1cccc2ncccc12. The van der Waals surface area contributed by atoms with Crippen LogP contribution in [0.5, 0.6) is 5.75 Å². The monoisotopic (exact) mass is 264 g/mol. The Kier molecular flexibility index (Phi) is 3.05. The van der Waals surface area contributed by atoms with E-state index >= 15 is 0 Å². The fourth-order valence-corrected chi connectivity index (χ4v) is 2.07. The lowest BCUT2D eigenvalue weighted by Crippen LogP contribution is -2.12. The number of hydrogen-bond donors (Lipinski definition) is 2. The molecule has 0 bridgehead atoms. The maximum absolute atomic E-state index is 12.3. The van der Waals surface area contributed by atoms with Crippen LogP contribution in [0.3, 0.4) is 0 Å². The fraction of sp³-hybridized carbons (Fsp3) is 0. The Morgan fingerprint density at radius 3 is 2.70 bits per heavy atom. The number of rotatable bonds is 2. The van der Waals surface area contributed by atoms with E-state index < -0.39 is 0 Å². The van der Waals surface area contributed by atoms with Gasteiger partial charge in [0, 0.05) is 17.1 Å². The number of carbonyl (C=O) groups is 1. The highest BCUT2D eigenvalue weighted by Crippen LogP contribution is 2.23. The van der Waals surface area contributed by atoms with E-state index in [-0.39, 0.29) is 11.7 Å². The second kappa shape index (κ2) is 5.01. The fourth-order valence-electron chi connectivity index (χ4n) is 2.07. The van der Waals surface area contributed by atoms with E-state index in [2.05, 4.69) is 10.3 Å². The number of pyridine rings is 1. The summed E-state index contributed by atoms with van der Waals surface area (Å²) < 4.78 is 0. The second-order valence-corrected chi connectivity index (χ2v) is 4.35. The van der Waals surface area contributed by atoms with Gasteiger partial charge in [-0.1, -0.05) is 24.3 Å². The number of aromatic nitrogens is 1. The molecular weight excluding hydrogens is 252 g/mol. The molecule has 0 atom stereocenters. The quantitative estimate of drug-likeness (QED) is 0.699. The first-order valence-electron chi connectivity index (χ1n) is 6.19. The van der Waals surface area contributed by atoms with Crippen molar-refractivity contribution in [1.82, 2.24) is 4.98 Å². The minimum Gasteiger partial charge on any atom is -0.506 e.